The molecule has 0 aliphatic rings. The van der Waals surface area contributed by atoms with Crippen molar-refractivity contribution in [2.45, 2.75) is 0 Å². The fourth-order valence-electron chi connectivity index (χ4n) is 2.44. The molecule has 1 heterocycles. The average Bonchev–Trinajstić information content (AvgIpc) is 2.90. The maximum absolute atomic E-state index is 12.7. The Balaban J connectivity index is 2.13. The Labute approximate surface area is 139 Å². The molecule has 0 amide bonds. The van der Waals surface area contributed by atoms with Gasteiger partial charge in [-0.3, -0.25) is 9.89 Å². The van der Waals surface area contributed by atoms with Crippen LogP contribution in [0.2, 0.25) is 0 Å². The van der Waals surface area contributed by atoms with Crippen molar-refractivity contribution in [3.8, 4) is 11.4 Å². The van der Waals surface area contributed by atoms with Gasteiger partial charge in [-0.25, -0.2) is 4.68 Å². The van der Waals surface area contributed by atoms with Gasteiger partial charge in [0, 0.05) is 5.56 Å². The Morgan fingerprint density at radius 1 is 1.08 bits per heavy atom. The van der Waals surface area contributed by atoms with Gasteiger partial charge >= 0.3 is 0 Å². The second-order valence-electron chi connectivity index (χ2n) is 5.26. The molecule has 120 valence electrons. The molecule has 0 saturated carbocycles. The van der Waals surface area contributed by atoms with Crippen LogP contribution in [0.15, 0.2) is 72.0 Å². The standard InChI is InChI=1S/C20H18N2O2/c1-3-13-24-19-12-8-7-9-16(19)14-18-15(2)21-22(20(18)23)17-10-5-4-6-11-17/h3-12,14,21H,1-2,13H2/b18-14-. The SMILES string of the molecule is C=CCOc1ccccc1/C=c1/c(=C)[nH]n(-c2ccccc2)c1=O. The average molecular weight is 318 g/mol. The second-order valence-corrected chi connectivity index (χ2v) is 5.26. The Morgan fingerprint density at radius 2 is 1.79 bits per heavy atom. The van der Waals surface area contributed by atoms with E-state index in [1.165, 1.54) is 4.68 Å². The third-order valence-electron chi connectivity index (χ3n) is 3.60. The number of rotatable bonds is 5. The third-order valence-corrected chi connectivity index (χ3v) is 3.60. The highest BCUT2D eigenvalue weighted by atomic mass is 16.5. The Hall–Kier alpha value is -3.27. The monoisotopic (exact) mass is 318 g/mol. The molecule has 3 aromatic rings. The van der Waals surface area contributed by atoms with Crippen molar-refractivity contribution in [1.29, 1.82) is 0 Å². The lowest BCUT2D eigenvalue weighted by Gasteiger charge is -2.06. The van der Waals surface area contributed by atoms with E-state index in [1.807, 2.05) is 54.6 Å². The summed E-state index contributed by atoms with van der Waals surface area (Å²) < 4.78 is 7.13. The molecule has 1 N–H and O–H groups in total. The molecule has 0 fully saturated rings. The summed E-state index contributed by atoms with van der Waals surface area (Å²) in [5, 5.41) is 4.08. The van der Waals surface area contributed by atoms with Crippen LogP contribution in [0.5, 0.6) is 5.75 Å². The van der Waals surface area contributed by atoms with E-state index in [2.05, 4.69) is 18.3 Å². The van der Waals surface area contributed by atoms with Crippen LogP contribution in [-0.4, -0.2) is 16.4 Å². The number of ether oxygens (including phenoxy) is 1. The summed E-state index contributed by atoms with van der Waals surface area (Å²) in [6, 6.07) is 16.9. The molecular weight excluding hydrogens is 300 g/mol. The molecule has 0 unspecified atom stereocenters. The molecule has 0 saturated heterocycles. The van der Waals surface area contributed by atoms with E-state index in [9.17, 15) is 4.79 Å². The van der Waals surface area contributed by atoms with E-state index in [4.69, 9.17) is 4.74 Å². The summed E-state index contributed by atoms with van der Waals surface area (Å²) in [6.45, 7) is 8.01. The van der Waals surface area contributed by atoms with E-state index < -0.39 is 0 Å². The number of H-pyrrole nitrogens is 1. The van der Waals surface area contributed by atoms with Gasteiger partial charge in [0.15, 0.2) is 0 Å². The molecule has 2 aromatic carbocycles. The summed E-state index contributed by atoms with van der Waals surface area (Å²) in [5.74, 6) is 0.698. The minimum atomic E-state index is -0.148. The zero-order chi connectivity index (χ0) is 16.9. The van der Waals surface area contributed by atoms with Crippen molar-refractivity contribution in [2.24, 2.45) is 0 Å². The van der Waals surface area contributed by atoms with Crippen molar-refractivity contribution >= 4 is 12.7 Å². The molecule has 0 radical (unpaired) electrons. The van der Waals surface area contributed by atoms with Gasteiger partial charge in [-0.1, -0.05) is 55.6 Å². The first-order valence-electron chi connectivity index (χ1n) is 7.60. The highest BCUT2D eigenvalue weighted by Gasteiger charge is 2.06. The number of nitrogens with zero attached hydrogens (tertiary/aromatic N) is 1. The van der Waals surface area contributed by atoms with Crippen molar-refractivity contribution < 1.29 is 4.74 Å². The minimum absolute atomic E-state index is 0.148. The predicted octanol–water partition coefficient (Wildman–Crippen LogP) is 1.97. The smallest absolute Gasteiger partial charge is 0.279 e. The minimum Gasteiger partial charge on any atom is -0.489 e. The summed E-state index contributed by atoms with van der Waals surface area (Å²) in [5.41, 5.74) is 1.44. The summed E-state index contributed by atoms with van der Waals surface area (Å²) >= 11 is 0. The molecule has 0 spiro atoms. The number of aromatic nitrogens is 2. The Bertz CT molecular complexity index is 1010. The van der Waals surface area contributed by atoms with Crippen LogP contribution >= 0.6 is 0 Å². The first-order valence-corrected chi connectivity index (χ1v) is 7.60. The van der Waals surface area contributed by atoms with Gasteiger partial charge in [0.25, 0.3) is 5.56 Å². The fourth-order valence-corrected chi connectivity index (χ4v) is 2.44. The molecule has 4 nitrogen and oxygen atoms in total. The van der Waals surface area contributed by atoms with Gasteiger partial charge in [-0.2, -0.15) is 0 Å². The highest BCUT2D eigenvalue weighted by molar-refractivity contribution is 5.57. The molecule has 0 aliphatic heterocycles. The van der Waals surface area contributed by atoms with Crippen LogP contribution in [0.4, 0.5) is 0 Å². The number of aromatic amines is 1. The van der Waals surface area contributed by atoms with Gasteiger partial charge in [-0.05, 0) is 24.3 Å². The lowest BCUT2D eigenvalue weighted by Crippen LogP contribution is -2.34. The fraction of sp³-hybridized carbons (Fsp3) is 0.0500. The number of benzene rings is 2. The summed E-state index contributed by atoms with van der Waals surface area (Å²) in [7, 11) is 0. The number of hydrogen-bond donors (Lipinski definition) is 1. The molecule has 1 aromatic heterocycles. The lowest BCUT2D eigenvalue weighted by atomic mass is 10.1. The molecule has 0 atom stereocenters. The van der Waals surface area contributed by atoms with E-state index in [-0.39, 0.29) is 5.56 Å². The van der Waals surface area contributed by atoms with Crippen LogP contribution in [0.25, 0.3) is 18.3 Å². The summed E-state index contributed by atoms with van der Waals surface area (Å²) in [4.78, 5) is 12.7. The maximum Gasteiger partial charge on any atom is 0.279 e. The molecule has 3 rings (SSSR count). The quantitative estimate of drug-likeness (QED) is 0.731. The van der Waals surface area contributed by atoms with E-state index in [1.54, 1.807) is 12.2 Å². The van der Waals surface area contributed by atoms with Crippen LogP contribution in [-0.2, 0) is 0 Å². The van der Waals surface area contributed by atoms with Gasteiger partial charge in [0.05, 0.1) is 16.3 Å². The van der Waals surface area contributed by atoms with E-state index in [0.717, 1.165) is 11.3 Å². The largest absolute Gasteiger partial charge is 0.489 e. The second kappa shape index (κ2) is 6.87. The number of hydrogen-bond acceptors (Lipinski definition) is 2. The Morgan fingerprint density at radius 3 is 2.54 bits per heavy atom. The van der Waals surface area contributed by atoms with Crippen LogP contribution in [0, 0.1) is 0 Å². The van der Waals surface area contributed by atoms with Gasteiger partial charge < -0.3 is 4.74 Å². The Kier molecular flexibility index (Phi) is 4.47. The van der Waals surface area contributed by atoms with Gasteiger partial charge in [0.2, 0.25) is 0 Å². The van der Waals surface area contributed by atoms with Crippen molar-refractivity contribution in [3.05, 3.63) is 93.7 Å². The van der Waals surface area contributed by atoms with Crippen LogP contribution in [0.3, 0.4) is 0 Å². The molecule has 0 bridgehead atoms. The molecule has 4 heteroatoms. The zero-order valence-corrected chi connectivity index (χ0v) is 13.2. The van der Waals surface area contributed by atoms with Crippen molar-refractivity contribution in [2.75, 3.05) is 6.61 Å². The molecular formula is C20H18N2O2. The highest BCUT2D eigenvalue weighted by Crippen LogP contribution is 2.18. The van der Waals surface area contributed by atoms with E-state index in [0.29, 0.717) is 22.9 Å². The first-order chi connectivity index (χ1) is 11.7. The normalized spacial score (nSPS) is 11.4. The molecule has 24 heavy (non-hydrogen) atoms. The predicted molar refractivity (Wildman–Crippen MR) is 96.9 cm³/mol. The first kappa shape index (κ1) is 15.6. The van der Waals surface area contributed by atoms with Crippen LogP contribution in [0.1, 0.15) is 5.56 Å². The van der Waals surface area contributed by atoms with Gasteiger partial charge in [0.1, 0.15) is 12.4 Å². The van der Waals surface area contributed by atoms with Gasteiger partial charge in [-0.15, -0.1) is 0 Å². The third kappa shape index (κ3) is 3.08. The van der Waals surface area contributed by atoms with Crippen molar-refractivity contribution in [3.63, 3.8) is 0 Å². The van der Waals surface area contributed by atoms with Crippen molar-refractivity contribution in [1.82, 2.24) is 9.78 Å². The maximum atomic E-state index is 12.7. The number of para-hydroxylation sites is 2. The topological polar surface area (TPSA) is 47.0 Å². The van der Waals surface area contributed by atoms with E-state index >= 15 is 0 Å². The lowest BCUT2D eigenvalue weighted by molar-refractivity contribution is 0.362. The number of nitrogens with one attached hydrogen (secondary N) is 1. The molecule has 0 aliphatic carbocycles. The summed E-state index contributed by atoms with van der Waals surface area (Å²) in [6.07, 6.45) is 3.47. The zero-order valence-electron chi connectivity index (χ0n) is 13.2. The van der Waals surface area contributed by atoms with Crippen LogP contribution < -0.4 is 20.9 Å².